The van der Waals surface area contributed by atoms with E-state index in [4.69, 9.17) is 0 Å². The summed E-state index contributed by atoms with van der Waals surface area (Å²) in [6.45, 7) is 5.39. The number of rotatable bonds is 4. The van der Waals surface area contributed by atoms with Gasteiger partial charge in [0.2, 0.25) is 0 Å². The third kappa shape index (κ3) is 3.03. The number of aromatic nitrogens is 2. The lowest BCUT2D eigenvalue weighted by atomic mass is 9.96. The van der Waals surface area contributed by atoms with Crippen LogP contribution in [0.25, 0.3) is 0 Å². The van der Waals surface area contributed by atoms with Gasteiger partial charge >= 0.3 is 0 Å². The molecule has 1 aromatic heterocycles. The number of fused-ring (bicyclic) bond motifs is 1. The second kappa shape index (κ2) is 6.44. The van der Waals surface area contributed by atoms with Gasteiger partial charge in [-0.1, -0.05) is 31.2 Å². The van der Waals surface area contributed by atoms with Gasteiger partial charge in [-0.2, -0.15) is 5.10 Å². The van der Waals surface area contributed by atoms with Gasteiger partial charge in [-0.05, 0) is 55.8 Å². The van der Waals surface area contributed by atoms with Crippen LogP contribution in [0.2, 0.25) is 0 Å². The molecule has 0 bridgehead atoms. The zero-order chi connectivity index (χ0) is 14.7. The van der Waals surface area contributed by atoms with Crippen LogP contribution in [0, 0.1) is 6.92 Å². The molecule has 0 spiro atoms. The predicted molar refractivity (Wildman–Crippen MR) is 86.4 cm³/mol. The summed E-state index contributed by atoms with van der Waals surface area (Å²) in [5.41, 5.74) is 4.20. The summed E-state index contributed by atoms with van der Waals surface area (Å²) < 4.78 is 2.17. The number of aryl methyl sites for hydroxylation is 2. The van der Waals surface area contributed by atoms with E-state index >= 15 is 0 Å². The highest BCUT2D eigenvalue weighted by atomic mass is 15.3. The van der Waals surface area contributed by atoms with Crippen molar-refractivity contribution in [1.29, 1.82) is 0 Å². The van der Waals surface area contributed by atoms with E-state index in [9.17, 15) is 0 Å². The Morgan fingerprint density at radius 1 is 1.33 bits per heavy atom. The lowest BCUT2D eigenvalue weighted by Crippen LogP contribution is -2.31. The van der Waals surface area contributed by atoms with Crippen molar-refractivity contribution in [2.45, 2.75) is 51.6 Å². The molecule has 1 aliphatic rings. The first-order valence-electron chi connectivity index (χ1n) is 8.11. The quantitative estimate of drug-likeness (QED) is 0.865. The van der Waals surface area contributed by atoms with Gasteiger partial charge in [0.15, 0.2) is 0 Å². The monoisotopic (exact) mass is 283 g/mol. The van der Waals surface area contributed by atoms with Crippen LogP contribution in [-0.2, 0) is 6.42 Å². The predicted octanol–water partition coefficient (Wildman–Crippen LogP) is 3.81. The van der Waals surface area contributed by atoms with Gasteiger partial charge in [0.1, 0.15) is 0 Å². The summed E-state index contributed by atoms with van der Waals surface area (Å²) >= 11 is 0. The highest BCUT2D eigenvalue weighted by molar-refractivity contribution is 5.32. The van der Waals surface area contributed by atoms with Crippen LogP contribution in [0.15, 0.2) is 36.7 Å². The molecule has 2 aromatic rings. The first-order chi connectivity index (χ1) is 10.3. The standard InChI is InChI=1S/C18H25N3/c1-3-11-19-18-16-9-5-4-7-15(16)8-6-10-17(18)21-13-14(2)12-20-21/h4-5,7,9,12-13,17-19H,3,6,8,10-11H2,1-2H3. The van der Waals surface area contributed by atoms with Gasteiger partial charge < -0.3 is 5.32 Å². The number of hydrogen-bond acceptors (Lipinski definition) is 2. The number of nitrogens with one attached hydrogen (secondary N) is 1. The average molecular weight is 283 g/mol. The third-order valence-corrected chi connectivity index (χ3v) is 4.41. The van der Waals surface area contributed by atoms with E-state index in [0.717, 1.165) is 13.0 Å². The Labute approximate surface area is 127 Å². The van der Waals surface area contributed by atoms with Crippen molar-refractivity contribution in [3.05, 3.63) is 53.3 Å². The zero-order valence-electron chi connectivity index (χ0n) is 13.0. The highest BCUT2D eigenvalue weighted by Gasteiger charge is 2.28. The number of hydrogen-bond donors (Lipinski definition) is 1. The van der Waals surface area contributed by atoms with Crippen molar-refractivity contribution in [3.8, 4) is 0 Å². The molecule has 112 valence electrons. The summed E-state index contributed by atoms with van der Waals surface area (Å²) in [4.78, 5) is 0. The van der Waals surface area contributed by atoms with Crippen molar-refractivity contribution in [3.63, 3.8) is 0 Å². The number of benzene rings is 1. The Morgan fingerprint density at radius 3 is 2.95 bits per heavy atom. The molecule has 1 aliphatic carbocycles. The van der Waals surface area contributed by atoms with Gasteiger partial charge in [-0.25, -0.2) is 0 Å². The van der Waals surface area contributed by atoms with Crippen molar-refractivity contribution in [2.24, 2.45) is 0 Å². The molecular weight excluding hydrogens is 258 g/mol. The maximum Gasteiger partial charge on any atom is 0.0714 e. The third-order valence-electron chi connectivity index (χ3n) is 4.41. The van der Waals surface area contributed by atoms with Gasteiger partial charge in [0.05, 0.1) is 18.3 Å². The first-order valence-corrected chi connectivity index (χ1v) is 8.11. The minimum Gasteiger partial charge on any atom is -0.308 e. The average Bonchev–Trinajstić information content (AvgIpc) is 2.84. The molecule has 3 rings (SSSR count). The molecule has 2 atom stereocenters. The summed E-state index contributed by atoms with van der Waals surface area (Å²) in [5.74, 6) is 0. The second-order valence-corrected chi connectivity index (χ2v) is 6.09. The van der Waals surface area contributed by atoms with E-state index in [-0.39, 0.29) is 0 Å². The first kappa shape index (κ1) is 14.3. The Hall–Kier alpha value is -1.61. The van der Waals surface area contributed by atoms with Gasteiger partial charge in [-0.15, -0.1) is 0 Å². The largest absolute Gasteiger partial charge is 0.308 e. The Bertz CT molecular complexity index is 588. The minimum atomic E-state index is 0.364. The molecule has 0 fully saturated rings. The van der Waals surface area contributed by atoms with Crippen LogP contribution in [0.1, 0.15) is 55.0 Å². The SMILES string of the molecule is CCCNC1c2ccccc2CCCC1n1cc(C)cn1. The molecule has 0 saturated carbocycles. The van der Waals surface area contributed by atoms with Crippen LogP contribution in [-0.4, -0.2) is 16.3 Å². The zero-order valence-corrected chi connectivity index (χ0v) is 13.0. The Kier molecular flexibility index (Phi) is 4.39. The number of nitrogens with zero attached hydrogens (tertiary/aromatic N) is 2. The Morgan fingerprint density at radius 2 is 2.19 bits per heavy atom. The molecule has 2 unspecified atom stereocenters. The lowest BCUT2D eigenvalue weighted by molar-refractivity contribution is 0.315. The summed E-state index contributed by atoms with van der Waals surface area (Å²) in [6, 6.07) is 9.67. The molecule has 1 N–H and O–H groups in total. The fourth-order valence-corrected chi connectivity index (χ4v) is 3.39. The molecule has 3 nitrogen and oxygen atoms in total. The van der Waals surface area contributed by atoms with Gasteiger partial charge in [0, 0.05) is 6.20 Å². The van der Waals surface area contributed by atoms with E-state index in [1.165, 1.54) is 36.0 Å². The van der Waals surface area contributed by atoms with E-state index in [1.54, 1.807) is 0 Å². The normalized spacial score (nSPS) is 21.8. The van der Waals surface area contributed by atoms with Crippen molar-refractivity contribution < 1.29 is 0 Å². The highest BCUT2D eigenvalue weighted by Crippen LogP contribution is 2.36. The lowest BCUT2D eigenvalue weighted by Gasteiger charge is -2.28. The van der Waals surface area contributed by atoms with E-state index in [2.05, 4.69) is 59.4 Å². The molecular formula is C18H25N3. The van der Waals surface area contributed by atoms with Crippen LogP contribution in [0.5, 0.6) is 0 Å². The van der Waals surface area contributed by atoms with Crippen molar-refractivity contribution in [1.82, 2.24) is 15.1 Å². The fourth-order valence-electron chi connectivity index (χ4n) is 3.39. The topological polar surface area (TPSA) is 29.9 Å². The molecule has 3 heteroatoms. The maximum atomic E-state index is 4.59. The summed E-state index contributed by atoms with van der Waals surface area (Å²) in [7, 11) is 0. The van der Waals surface area contributed by atoms with E-state index in [0.29, 0.717) is 12.1 Å². The summed E-state index contributed by atoms with van der Waals surface area (Å²) in [6.07, 6.45) is 8.88. The molecule has 0 saturated heterocycles. The van der Waals surface area contributed by atoms with Crippen LogP contribution >= 0.6 is 0 Å². The van der Waals surface area contributed by atoms with Crippen LogP contribution < -0.4 is 5.32 Å². The van der Waals surface area contributed by atoms with E-state index < -0.39 is 0 Å². The van der Waals surface area contributed by atoms with Crippen LogP contribution in [0.4, 0.5) is 0 Å². The maximum absolute atomic E-state index is 4.59. The Balaban J connectivity index is 1.98. The molecule has 21 heavy (non-hydrogen) atoms. The molecule has 1 aromatic carbocycles. The molecule has 0 amide bonds. The van der Waals surface area contributed by atoms with Crippen molar-refractivity contribution >= 4 is 0 Å². The smallest absolute Gasteiger partial charge is 0.0714 e. The van der Waals surface area contributed by atoms with Crippen LogP contribution in [0.3, 0.4) is 0 Å². The van der Waals surface area contributed by atoms with E-state index in [1.807, 2.05) is 6.20 Å². The van der Waals surface area contributed by atoms with Gasteiger partial charge in [0.25, 0.3) is 0 Å². The summed E-state index contributed by atoms with van der Waals surface area (Å²) in [5, 5.41) is 8.35. The van der Waals surface area contributed by atoms with Crippen molar-refractivity contribution in [2.75, 3.05) is 6.54 Å². The second-order valence-electron chi connectivity index (χ2n) is 6.09. The fraction of sp³-hybridized carbons (Fsp3) is 0.500. The molecule has 0 aliphatic heterocycles. The van der Waals surface area contributed by atoms with Gasteiger partial charge in [-0.3, -0.25) is 4.68 Å². The molecule has 0 radical (unpaired) electrons. The molecule has 1 heterocycles. The minimum absolute atomic E-state index is 0.364.